The molecule has 0 aromatic carbocycles. The molecule has 0 heterocycles. The quantitative estimate of drug-likeness (QED) is 0.280. The monoisotopic (exact) mass is 531 g/mol. The molecular weight excluding hydrogens is 470 g/mol. The van der Waals surface area contributed by atoms with Crippen LogP contribution in [0.15, 0.2) is 0 Å². The molecule has 0 aromatic rings. The molecule has 1 amide bonds. The van der Waals surface area contributed by atoms with Crippen LogP contribution < -0.4 is 22.1 Å². The van der Waals surface area contributed by atoms with E-state index in [4.69, 9.17) is 11.5 Å². The van der Waals surface area contributed by atoms with Crippen molar-refractivity contribution in [1.82, 2.24) is 15.5 Å². The molecule has 6 heteroatoms. The van der Waals surface area contributed by atoms with Gasteiger partial charge >= 0.3 is 0 Å². The van der Waals surface area contributed by atoms with Crippen molar-refractivity contribution in [3.05, 3.63) is 0 Å². The molecule has 0 aliphatic heterocycles. The minimum absolute atomic E-state index is 0.239. The summed E-state index contributed by atoms with van der Waals surface area (Å²) in [7, 11) is 0. The highest BCUT2D eigenvalue weighted by molar-refractivity contribution is 5.76. The van der Waals surface area contributed by atoms with Gasteiger partial charge in [0.1, 0.15) is 0 Å². The highest BCUT2D eigenvalue weighted by atomic mass is 16.1. The predicted molar refractivity (Wildman–Crippen MR) is 159 cm³/mol. The second-order valence-electron chi connectivity index (χ2n) is 14.4. The third kappa shape index (κ3) is 6.61. The van der Waals surface area contributed by atoms with Gasteiger partial charge < -0.3 is 22.1 Å². The summed E-state index contributed by atoms with van der Waals surface area (Å²) in [6.07, 6.45) is 15.7. The molecule has 8 atom stereocenters. The summed E-state index contributed by atoms with van der Waals surface area (Å²) in [4.78, 5) is 14.6. The van der Waals surface area contributed by atoms with Gasteiger partial charge in [-0.1, -0.05) is 13.8 Å². The maximum absolute atomic E-state index is 12.2. The molecule has 8 unspecified atom stereocenters. The number of rotatable bonds is 13. The largest absolute Gasteiger partial charge is 0.354 e. The molecule has 4 fully saturated rings. The van der Waals surface area contributed by atoms with Gasteiger partial charge in [0.2, 0.25) is 5.91 Å². The van der Waals surface area contributed by atoms with Crippen LogP contribution in [0.2, 0.25) is 0 Å². The Hall–Kier alpha value is -0.690. The number of carbonyl (C=O) groups excluding carboxylic acids is 1. The van der Waals surface area contributed by atoms with Crippen LogP contribution in [0.25, 0.3) is 0 Å². The van der Waals surface area contributed by atoms with Gasteiger partial charge in [0.05, 0.1) is 0 Å². The molecule has 4 aliphatic carbocycles. The van der Waals surface area contributed by atoms with Gasteiger partial charge in [-0.05, 0) is 125 Å². The maximum atomic E-state index is 12.2. The average Bonchev–Trinajstić information content (AvgIpc) is 3.20. The van der Waals surface area contributed by atoms with Crippen molar-refractivity contribution in [1.29, 1.82) is 0 Å². The molecule has 6 nitrogen and oxygen atoms in total. The van der Waals surface area contributed by atoms with Crippen LogP contribution in [0.4, 0.5) is 0 Å². The molecule has 4 rings (SSSR count). The van der Waals surface area contributed by atoms with Crippen LogP contribution in [0.3, 0.4) is 0 Å². The van der Waals surface area contributed by atoms with Gasteiger partial charge in [0, 0.05) is 57.8 Å². The van der Waals surface area contributed by atoms with Crippen LogP contribution in [0, 0.1) is 40.4 Å². The first-order valence-electron chi connectivity index (χ1n) is 16.4. The van der Waals surface area contributed by atoms with Crippen molar-refractivity contribution in [3.63, 3.8) is 0 Å². The van der Waals surface area contributed by atoms with E-state index < -0.39 is 0 Å². The summed E-state index contributed by atoms with van der Waals surface area (Å²) in [6, 6.07) is 0.932. The summed E-state index contributed by atoms with van der Waals surface area (Å²) >= 11 is 0. The van der Waals surface area contributed by atoms with Crippen molar-refractivity contribution in [2.45, 2.75) is 117 Å². The van der Waals surface area contributed by atoms with Crippen molar-refractivity contribution < 1.29 is 4.79 Å². The number of fused-ring (bicyclic) bond motifs is 5. The lowest BCUT2D eigenvalue weighted by Crippen LogP contribution is -2.55. The van der Waals surface area contributed by atoms with E-state index in [-0.39, 0.29) is 11.9 Å². The van der Waals surface area contributed by atoms with E-state index in [0.29, 0.717) is 36.4 Å². The number of hydrogen-bond acceptors (Lipinski definition) is 5. The first-order valence-corrected chi connectivity index (χ1v) is 16.4. The minimum atomic E-state index is 0.239. The maximum Gasteiger partial charge on any atom is 0.220 e. The molecule has 0 spiro atoms. The number of nitrogens with one attached hydrogen (secondary N) is 2. The Labute approximate surface area is 234 Å². The molecule has 4 saturated carbocycles. The molecule has 0 bridgehead atoms. The highest BCUT2D eigenvalue weighted by Crippen LogP contribution is 2.67. The molecule has 0 radical (unpaired) electrons. The smallest absolute Gasteiger partial charge is 0.220 e. The van der Waals surface area contributed by atoms with Crippen LogP contribution in [0.5, 0.6) is 0 Å². The molecule has 0 saturated heterocycles. The van der Waals surface area contributed by atoms with Crippen LogP contribution >= 0.6 is 0 Å². The Kier molecular flexibility index (Phi) is 10.6. The van der Waals surface area contributed by atoms with Gasteiger partial charge in [-0.25, -0.2) is 0 Å². The van der Waals surface area contributed by atoms with Crippen LogP contribution in [-0.4, -0.2) is 62.2 Å². The zero-order valence-corrected chi connectivity index (χ0v) is 25.3. The summed E-state index contributed by atoms with van der Waals surface area (Å²) in [6.45, 7) is 14.9. The van der Waals surface area contributed by atoms with E-state index in [0.717, 1.165) is 62.2 Å². The van der Waals surface area contributed by atoms with Crippen molar-refractivity contribution in [3.8, 4) is 0 Å². The zero-order chi connectivity index (χ0) is 27.3. The SMILES string of the molecule is CC(C)NC(=O)CCCC1CCC2C3CCC4CC(NCCN(CCN)CCN)CCC4(C)C3CCC12C. The van der Waals surface area contributed by atoms with E-state index >= 15 is 0 Å². The molecule has 4 aliphatic rings. The number of hydrogen-bond donors (Lipinski definition) is 4. The Morgan fingerprint density at radius 2 is 1.63 bits per heavy atom. The second kappa shape index (κ2) is 13.3. The molecule has 6 N–H and O–H groups in total. The average molecular weight is 532 g/mol. The number of nitrogens with two attached hydrogens (primary N) is 2. The number of carbonyl (C=O) groups is 1. The number of amides is 1. The highest BCUT2D eigenvalue weighted by Gasteiger charge is 2.59. The molecule has 0 aromatic heterocycles. The van der Waals surface area contributed by atoms with Gasteiger partial charge in [0.15, 0.2) is 0 Å². The summed E-state index contributed by atoms with van der Waals surface area (Å²) in [5.74, 6) is 4.74. The van der Waals surface area contributed by atoms with E-state index in [1.165, 1.54) is 64.2 Å². The van der Waals surface area contributed by atoms with Gasteiger partial charge in [-0.15, -0.1) is 0 Å². The fraction of sp³-hybridized carbons (Fsp3) is 0.969. The van der Waals surface area contributed by atoms with Crippen LogP contribution in [-0.2, 0) is 4.79 Å². The third-order valence-electron chi connectivity index (χ3n) is 12.0. The first kappa shape index (κ1) is 30.3. The zero-order valence-electron chi connectivity index (χ0n) is 25.3. The molecular formula is C32H61N5O. The third-order valence-corrected chi connectivity index (χ3v) is 12.0. The Bertz CT molecular complexity index is 754. The Balaban J connectivity index is 1.28. The lowest BCUT2D eigenvalue weighted by Gasteiger charge is -2.61. The second-order valence-corrected chi connectivity index (χ2v) is 14.4. The predicted octanol–water partition coefficient (Wildman–Crippen LogP) is 4.52. The standard InChI is InChI=1S/C32H61N5O/c1-23(2)36-30(38)7-5-6-24-9-11-28-27-10-8-25-22-26(35-18-21-37(19-16-33)20-17-34)12-14-32(25,4)29(27)13-15-31(24,28)3/h23-29,35H,5-22,33-34H2,1-4H3,(H,36,38). The summed E-state index contributed by atoms with van der Waals surface area (Å²) in [5, 5.41) is 7.00. The van der Waals surface area contributed by atoms with Crippen molar-refractivity contribution >= 4 is 5.91 Å². The van der Waals surface area contributed by atoms with E-state index in [2.05, 4.69) is 43.2 Å². The lowest BCUT2D eigenvalue weighted by molar-refractivity contribution is -0.122. The minimum Gasteiger partial charge on any atom is -0.354 e. The van der Waals surface area contributed by atoms with Crippen molar-refractivity contribution in [2.24, 2.45) is 51.9 Å². The molecule has 38 heavy (non-hydrogen) atoms. The Morgan fingerprint density at radius 1 is 0.921 bits per heavy atom. The van der Waals surface area contributed by atoms with E-state index in [1.54, 1.807) is 0 Å². The van der Waals surface area contributed by atoms with E-state index in [9.17, 15) is 4.79 Å². The summed E-state index contributed by atoms with van der Waals surface area (Å²) < 4.78 is 0. The first-order chi connectivity index (χ1) is 18.2. The van der Waals surface area contributed by atoms with Gasteiger partial charge in [-0.2, -0.15) is 0 Å². The topological polar surface area (TPSA) is 96.4 Å². The van der Waals surface area contributed by atoms with Crippen molar-refractivity contribution in [2.75, 3.05) is 39.3 Å². The van der Waals surface area contributed by atoms with Gasteiger partial charge in [0.25, 0.3) is 0 Å². The normalized spacial score (nSPS) is 38.6. The number of nitrogens with zero attached hydrogens (tertiary/aromatic N) is 1. The lowest BCUT2D eigenvalue weighted by atomic mass is 9.44. The van der Waals surface area contributed by atoms with E-state index in [1.807, 2.05) is 0 Å². The molecule has 220 valence electrons. The fourth-order valence-corrected chi connectivity index (χ4v) is 10.1. The Morgan fingerprint density at radius 3 is 2.34 bits per heavy atom. The summed E-state index contributed by atoms with van der Waals surface area (Å²) in [5.41, 5.74) is 12.6. The van der Waals surface area contributed by atoms with Crippen LogP contribution in [0.1, 0.15) is 105 Å². The van der Waals surface area contributed by atoms with Gasteiger partial charge in [-0.3, -0.25) is 9.69 Å². The fourth-order valence-electron chi connectivity index (χ4n) is 10.1.